The standard InChI is InChI=1S/C10H12O3/c1-3-13-10-5-4-8(12)6-9(10)7(2)11/h4-6,12H,3H2,1-2H3. The first-order valence-electron chi connectivity index (χ1n) is 4.12. The number of benzene rings is 1. The van der Waals surface area contributed by atoms with E-state index in [0.29, 0.717) is 17.9 Å². The molecule has 0 radical (unpaired) electrons. The van der Waals surface area contributed by atoms with Crippen molar-refractivity contribution in [3.05, 3.63) is 23.8 Å². The minimum Gasteiger partial charge on any atom is -0.508 e. The molecular formula is C10H12O3. The number of rotatable bonds is 3. The van der Waals surface area contributed by atoms with E-state index in [1.165, 1.54) is 19.1 Å². The molecule has 70 valence electrons. The van der Waals surface area contributed by atoms with Crippen molar-refractivity contribution in [3.63, 3.8) is 0 Å². The zero-order chi connectivity index (χ0) is 9.84. The van der Waals surface area contributed by atoms with E-state index in [9.17, 15) is 4.79 Å². The Balaban J connectivity index is 3.10. The molecule has 0 saturated carbocycles. The maximum Gasteiger partial charge on any atom is 0.163 e. The highest BCUT2D eigenvalue weighted by atomic mass is 16.5. The normalized spacial score (nSPS) is 9.69. The Morgan fingerprint density at radius 1 is 1.54 bits per heavy atom. The molecule has 0 aliphatic heterocycles. The Kier molecular flexibility index (Phi) is 2.90. The van der Waals surface area contributed by atoms with Gasteiger partial charge in [0, 0.05) is 0 Å². The summed E-state index contributed by atoms with van der Waals surface area (Å²) in [6.45, 7) is 3.79. The smallest absolute Gasteiger partial charge is 0.163 e. The molecule has 0 atom stereocenters. The van der Waals surface area contributed by atoms with E-state index in [4.69, 9.17) is 9.84 Å². The molecule has 3 nitrogen and oxygen atoms in total. The molecule has 0 fully saturated rings. The zero-order valence-electron chi connectivity index (χ0n) is 7.70. The maximum absolute atomic E-state index is 11.1. The lowest BCUT2D eigenvalue weighted by Crippen LogP contribution is -2.00. The fourth-order valence-corrected chi connectivity index (χ4v) is 1.07. The van der Waals surface area contributed by atoms with E-state index in [0.717, 1.165) is 0 Å². The molecule has 1 rings (SSSR count). The average Bonchev–Trinajstić information content (AvgIpc) is 2.08. The first-order valence-corrected chi connectivity index (χ1v) is 4.12. The maximum atomic E-state index is 11.1. The average molecular weight is 180 g/mol. The van der Waals surface area contributed by atoms with Crippen LogP contribution in [0.1, 0.15) is 24.2 Å². The fraction of sp³-hybridized carbons (Fsp3) is 0.300. The third-order valence-electron chi connectivity index (χ3n) is 1.64. The Bertz CT molecular complexity index is 318. The minimum atomic E-state index is -0.112. The molecule has 0 bridgehead atoms. The number of aromatic hydroxyl groups is 1. The Morgan fingerprint density at radius 2 is 2.23 bits per heavy atom. The number of ketones is 1. The predicted octanol–water partition coefficient (Wildman–Crippen LogP) is 1.99. The van der Waals surface area contributed by atoms with Crippen LogP contribution in [0, 0.1) is 0 Å². The summed E-state index contributed by atoms with van der Waals surface area (Å²) in [4.78, 5) is 11.1. The molecular weight excluding hydrogens is 168 g/mol. The summed E-state index contributed by atoms with van der Waals surface area (Å²) in [5, 5.41) is 9.15. The molecule has 0 amide bonds. The van der Waals surface area contributed by atoms with Gasteiger partial charge in [-0.2, -0.15) is 0 Å². The highest BCUT2D eigenvalue weighted by Crippen LogP contribution is 2.23. The Morgan fingerprint density at radius 3 is 2.77 bits per heavy atom. The lowest BCUT2D eigenvalue weighted by Gasteiger charge is -2.07. The predicted molar refractivity (Wildman–Crippen MR) is 49.3 cm³/mol. The quantitative estimate of drug-likeness (QED) is 0.723. The second kappa shape index (κ2) is 3.94. The summed E-state index contributed by atoms with van der Waals surface area (Å²) in [5.41, 5.74) is 0.418. The van der Waals surface area contributed by atoms with Crippen molar-refractivity contribution >= 4 is 5.78 Å². The highest BCUT2D eigenvalue weighted by molar-refractivity contribution is 5.97. The minimum absolute atomic E-state index is 0.0775. The summed E-state index contributed by atoms with van der Waals surface area (Å²) in [5.74, 6) is 0.487. The van der Waals surface area contributed by atoms with Gasteiger partial charge >= 0.3 is 0 Å². The van der Waals surface area contributed by atoms with Gasteiger partial charge in [0.15, 0.2) is 5.78 Å². The van der Waals surface area contributed by atoms with Gasteiger partial charge in [0.05, 0.1) is 12.2 Å². The van der Waals surface area contributed by atoms with E-state index in [1.807, 2.05) is 6.92 Å². The van der Waals surface area contributed by atoms with Crippen molar-refractivity contribution in [2.75, 3.05) is 6.61 Å². The van der Waals surface area contributed by atoms with Gasteiger partial charge in [0.2, 0.25) is 0 Å². The molecule has 0 spiro atoms. The fourth-order valence-electron chi connectivity index (χ4n) is 1.07. The van der Waals surface area contributed by atoms with E-state index in [-0.39, 0.29) is 11.5 Å². The molecule has 1 aromatic rings. The van der Waals surface area contributed by atoms with Crippen molar-refractivity contribution in [2.45, 2.75) is 13.8 Å². The van der Waals surface area contributed by atoms with Crippen LogP contribution in [0.2, 0.25) is 0 Å². The largest absolute Gasteiger partial charge is 0.508 e. The van der Waals surface area contributed by atoms with Crippen LogP contribution in [0.25, 0.3) is 0 Å². The first kappa shape index (κ1) is 9.58. The van der Waals surface area contributed by atoms with Gasteiger partial charge in [0.25, 0.3) is 0 Å². The van der Waals surface area contributed by atoms with Gasteiger partial charge in [-0.25, -0.2) is 0 Å². The number of Topliss-reactive ketones (excluding diaryl/α,β-unsaturated/α-hetero) is 1. The third kappa shape index (κ3) is 2.21. The monoisotopic (exact) mass is 180 g/mol. The summed E-state index contributed by atoms with van der Waals surface area (Å²) >= 11 is 0. The molecule has 13 heavy (non-hydrogen) atoms. The molecule has 0 aromatic heterocycles. The van der Waals surface area contributed by atoms with Gasteiger partial charge in [-0.05, 0) is 32.0 Å². The zero-order valence-corrected chi connectivity index (χ0v) is 7.70. The molecule has 1 N–H and O–H groups in total. The van der Waals surface area contributed by atoms with E-state index < -0.39 is 0 Å². The lowest BCUT2D eigenvalue weighted by atomic mass is 10.1. The molecule has 0 unspecified atom stereocenters. The number of carbonyl (C=O) groups excluding carboxylic acids is 1. The highest BCUT2D eigenvalue weighted by Gasteiger charge is 2.08. The third-order valence-corrected chi connectivity index (χ3v) is 1.64. The van der Waals surface area contributed by atoms with Crippen molar-refractivity contribution in [3.8, 4) is 11.5 Å². The van der Waals surface area contributed by atoms with Gasteiger partial charge in [0.1, 0.15) is 11.5 Å². The van der Waals surface area contributed by atoms with Gasteiger partial charge in [-0.3, -0.25) is 4.79 Å². The Hall–Kier alpha value is -1.51. The van der Waals surface area contributed by atoms with Crippen molar-refractivity contribution in [1.29, 1.82) is 0 Å². The van der Waals surface area contributed by atoms with Gasteiger partial charge in [-0.1, -0.05) is 0 Å². The molecule has 0 aliphatic rings. The first-order chi connectivity index (χ1) is 6.15. The van der Waals surface area contributed by atoms with E-state index >= 15 is 0 Å². The summed E-state index contributed by atoms with van der Waals surface area (Å²) in [6, 6.07) is 4.50. The molecule has 1 aromatic carbocycles. The van der Waals surface area contributed by atoms with Crippen LogP contribution in [-0.2, 0) is 0 Å². The van der Waals surface area contributed by atoms with Crippen LogP contribution in [0.4, 0.5) is 0 Å². The van der Waals surface area contributed by atoms with Crippen LogP contribution >= 0.6 is 0 Å². The second-order valence-electron chi connectivity index (χ2n) is 2.67. The van der Waals surface area contributed by atoms with Crippen LogP contribution in [0.5, 0.6) is 11.5 Å². The Labute approximate surface area is 77.0 Å². The molecule has 0 aliphatic carbocycles. The van der Waals surface area contributed by atoms with Crippen molar-refractivity contribution in [1.82, 2.24) is 0 Å². The van der Waals surface area contributed by atoms with Crippen LogP contribution in [0.3, 0.4) is 0 Å². The van der Waals surface area contributed by atoms with Gasteiger partial charge in [-0.15, -0.1) is 0 Å². The van der Waals surface area contributed by atoms with Crippen molar-refractivity contribution in [2.24, 2.45) is 0 Å². The van der Waals surface area contributed by atoms with Crippen molar-refractivity contribution < 1.29 is 14.6 Å². The van der Waals surface area contributed by atoms with Crippen LogP contribution in [0.15, 0.2) is 18.2 Å². The molecule has 3 heteroatoms. The summed E-state index contributed by atoms with van der Waals surface area (Å²) in [7, 11) is 0. The van der Waals surface area contributed by atoms with E-state index in [1.54, 1.807) is 6.07 Å². The topological polar surface area (TPSA) is 46.5 Å². The SMILES string of the molecule is CCOc1ccc(O)cc1C(C)=O. The van der Waals surface area contributed by atoms with Crippen LogP contribution < -0.4 is 4.74 Å². The number of phenols is 1. The van der Waals surface area contributed by atoms with Crippen LogP contribution in [-0.4, -0.2) is 17.5 Å². The number of carbonyl (C=O) groups is 1. The number of ether oxygens (including phenoxy) is 1. The summed E-state index contributed by atoms with van der Waals surface area (Å²) < 4.78 is 5.22. The number of hydrogen-bond donors (Lipinski definition) is 1. The van der Waals surface area contributed by atoms with E-state index in [2.05, 4.69) is 0 Å². The molecule has 0 heterocycles. The lowest BCUT2D eigenvalue weighted by molar-refractivity contribution is 0.101. The molecule has 0 saturated heterocycles. The number of phenolic OH excluding ortho intramolecular Hbond substituents is 1. The summed E-state index contributed by atoms with van der Waals surface area (Å²) in [6.07, 6.45) is 0. The van der Waals surface area contributed by atoms with Gasteiger partial charge < -0.3 is 9.84 Å². The second-order valence-corrected chi connectivity index (χ2v) is 2.67. The number of hydrogen-bond acceptors (Lipinski definition) is 3.